The Hall–Kier alpha value is -1.75. The smallest absolute Gasteiger partial charge is 0.225 e. The Kier molecular flexibility index (Phi) is 5.52. The molecule has 0 aromatic heterocycles. The number of hydrogen-bond acceptors (Lipinski definition) is 4. The van der Waals surface area contributed by atoms with E-state index < -0.39 is 0 Å². The largest absolute Gasteiger partial charge is 0.497 e. The fraction of sp³-hybridized carbons (Fsp3) is 0.650. The summed E-state index contributed by atoms with van der Waals surface area (Å²) in [6, 6.07) is 6.05. The third kappa shape index (κ3) is 3.92. The zero-order valence-electron chi connectivity index (χ0n) is 15.5. The first kappa shape index (κ1) is 18.1. The van der Waals surface area contributed by atoms with E-state index in [0.29, 0.717) is 24.4 Å². The summed E-state index contributed by atoms with van der Waals surface area (Å²) in [4.78, 5) is 14.8. The van der Waals surface area contributed by atoms with Gasteiger partial charge >= 0.3 is 0 Å². The van der Waals surface area contributed by atoms with Crippen molar-refractivity contribution in [1.82, 2.24) is 4.90 Å². The number of carbonyl (C=O) groups is 1. The van der Waals surface area contributed by atoms with Crippen LogP contribution in [0.3, 0.4) is 0 Å². The minimum Gasteiger partial charge on any atom is -0.497 e. The second-order valence-electron chi connectivity index (χ2n) is 7.61. The van der Waals surface area contributed by atoms with E-state index in [2.05, 4.69) is 0 Å². The molecule has 3 rings (SSSR count). The Morgan fingerprint density at radius 1 is 1.12 bits per heavy atom. The van der Waals surface area contributed by atoms with E-state index >= 15 is 0 Å². The van der Waals surface area contributed by atoms with Gasteiger partial charge in [0.1, 0.15) is 11.5 Å². The summed E-state index contributed by atoms with van der Waals surface area (Å²) < 4.78 is 10.6. The van der Waals surface area contributed by atoms with Gasteiger partial charge in [0.05, 0.1) is 14.2 Å². The highest BCUT2D eigenvalue weighted by atomic mass is 16.5. The molecule has 0 saturated heterocycles. The number of hydrogen-bond donors (Lipinski definition) is 1. The van der Waals surface area contributed by atoms with Gasteiger partial charge in [0.15, 0.2) is 0 Å². The summed E-state index contributed by atoms with van der Waals surface area (Å²) in [6.07, 6.45) is 5.52. The first-order chi connectivity index (χ1) is 12.0. The lowest BCUT2D eigenvalue weighted by Gasteiger charge is -2.44. The van der Waals surface area contributed by atoms with Gasteiger partial charge in [0.2, 0.25) is 5.91 Å². The van der Waals surface area contributed by atoms with Crippen LogP contribution in [-0.4, -0.2) is 38.1 Å². The molecule has 1 aromatic carbocycles. The van der Waals surface area contributed by atoms with Crippen LogP contribution in [0.15, 0.2) is 18.2 Å². The molecular formula is C20H30N2O3. The van der Waals surface area contributed by atoms with E-state index in [9.17, 15) is 4.79 Å². The lowest BCUT2D eigenvalue weighted by Crippen LogP contribution is -2.49. The standard InChI is InChI=1S/C20H30N2O3/c1-22(12-13-7-17(24-2)11-18(8-13)25-3)20(23)16-9-14-5-4-6-15(10-16)19(14)21/h7-8,11,14-16,19H,4-6,9-10,12,21H2,1-3H3. The first-order valence-corrected chi connectivity index (χ1v) is 9.24. The molecule has 138 valence electrons. The first-order valence-electron chi connectivity index (χ1n) is 9.24. The number of nitrogens with zero attached hydrogens (tertiary/aromatic N) is 1. The SMILES string of the molecule is COc1cc(CN(C)C(=O)C2CC3CCCC(C2)C3N)cc(OC)c1. The Morgan fingerprint density at radius 3 is 2.20 bits per heavy atom. The minimum atomic E-state index is 0.118. The third-order valence-electron chi connectivity index (χ3n) is 5.97. The van der Waals surface area contributed by atoms with Gasteiger partial charge in [-0.1, -0.05) is 6.42 Å². The Balaban J connectivity index is 1.67. The van der Waals surface area contributed by atoms with Crippen LogP contribution < -0.4 is 15.2 Å². The van der Waals surface area contributed by atoms with Crippen molar-refractivity contribution in [2.75, 3.05) is 21.3 Å². The molecule has 0 spiro atoms. The van der Waals surface area contributed by atoms with Crippen molar-refractivity contribution in [2.24, 2.45) is 23.5 Å². The number of fused-ring (bicyclic) bond motifs is 2. The predicted molar refractivity (Wildman–Crippen MR) is 97.6 cm³/mol. The van der Waals surface area contributed by atoms with Crippen molar-refractivity contribution >= 4 is 5.91 Å². The van der Waals surface area contributed by atoms with E-state index in [1.165, 1.54) is 19.3 Å². The molecule has 1 aromatic rings. The van der Waals surface area contributed by atoms with E-state index in [4.69, 9.17) is 15.2 Å². The molecule has 5 nitrogen and oxygen atoms in total. The molecule has 2 saturated carbocycles. The maximum absolute atomic E-state index is 13.0. The molecule has 2 bridgehead atoms. The van der Waals surface area contributed by atoms with Crippen molar-refractivity contribution in [3.8, 4) is 11.5 Å². The van der Waals surface area contributed by atoms with Gasteiger partial charge < -0.3 is 20.1 Å². The van der Waals surface area contributed by atoms with Gasteiger partial charge in [0.25, 0.3) is 0 Å². The molecule has 0 aliphatic heterocycles. The average Bonchev–Trinajstić information content (AvgIpc) is 2.60. The van der Waals surface area contributed by atoms with Crippen LogP contribution in [0.5, 0.6) is 11.5 Å². The number of ether oxygens (including phenoxy) is 2. The van der Waals surface area contributed by atoms with Crippen LogP contribution >= 0.6 is 0 Å². The number of benzene rings is 1. The number of nitrogens with two attached hydrogens (primary N) is 1. The van der Waals surface area contributed by atoms with Crippen molar-refractivity contribution < 1.29 is 14.3 Å². The molecule has 25 heavy (non-hydrogen) atoms. The van der Waals surface area contributed by atoms with Gasteiger partial charge in [0, 0.05) is 31.6 Å². The molecule has 2 aliphatic carbocycles. The van der Waals surface area contributed by atoms with Crippen molar-refractivity contribution in [3.63, 3.8) is 0 Å². The maximum Gasteiger partial charge on any atom is 0.225 e. The third-order valence-corrected chi connectivity index (χ3v) is 5.97. The highest BCUT2D eigenvalue weighted by molar-refractivity contribution is 5.78. The molecule has 1 amide bonds. The Labute approximate surface area is 150 Å². The van der Waals surface area contributed by atoms with Gasteiger partial charge in [-0.3, -0.25) is 4.79 Å². The molecule has 2 fully saturated rings. The predicted octanol–water partition coefficient (Wildman–Crippen LogP) is 2.82. The average molecular weight is 346 g/mol. The fourth-order valence-electron chi connectivity index (χ4n) is 4.61. The van der Waals surface area contributed by atoms with Crippen LogP contribution in [0.4, 0.5) is 0 Å². The zero-order chi connectivity index (χ0) is 18.0. The van der Waals surface area contributed by atoms with E-state index in [0.717, 1.165) is 29.9 Å². The van der Waals surface area contributed by atoms with Crippen LogP contribution in [0.25, 0.3) is 0 Å². The summed E-state index contributed by atoms with van der Waals surface area (Å²) in [7, 11) is 5.16. The summed E-state index contributed by atoms with van der Waals surface area (Å²) in [5.41, 5.74) is 7.37. The molecule has 2 N–H and O–H groups in total. The van der Waals surface area contributed by atoms with Crippen LogP contribution in [-0.2, 0) is 11.3 Å². The highest BCUT2D eigenvalue weighted by Gasteiger charge is 2.41. The van der Waals surface area contributed by atoms with Crippen molar-refractivity contribution in [1.29, 1.82) is 0 Å². The zero-order valence-corrected chi connectivity index (χ0v) is 15.5. The number of methoxy groups -OCH3 is 2. The van der Waals surface area contributed by atoms with Crippen molar-refractivity contribution in [3.05, 3.63) is 23.8 Å². The molecule has 2 unspecified atom stereocenters. The van der Waals surface area contributed by atoms with Crippen LogP contribution in [0, 0.1) is 17.8 Å². The lowest BCUT2D eigenvalue weighted by atomic mass is 9.65. The second kappa shape index (κ2) is 7.65. The normalized spacial score (nSPS) is 28.3. The molecular weight excluding hydrogens is 316 g/mol. The molecule has 5 heteroatoms. The molecule has 0 radical (unpaired) electrons. The lowest BCUT2D eigenvalue weighted by molar-refractivity contribution is -0.137. The fourth-order valence-corrected chi connectivity index (χ4v) is 4.61. The Bertz CT molecular complexity index is 583. The number of rotatable bonds is 5. The maximum atomic E-state index is 13.0. The van der Waals surface area contributed by atoms with Gasteiger partial charge in [-0.05, 0) is 55.2 Å². The second-order valence-corrected chi connectivity index (χ2v) is 7.61. The summed E-state index contributed by atoms with van der Waals surface area (Å²) in [5.74, 6) is 2.89. The number of amides is 1. The summed E-state index contributed by atoms with van der Waals surface area (Å²) in [5, 5.41) is 0. The van der Waals surface area contributed by atoms with Gasteiger partial charge in [-0.2, -0.15) is 0 Å². The highest BCUT2D eigenvalue weighted by Crippen LogP contribution is 2.42. The summed E-state index contributed by atoms with van der Waals surface area (Å²) >= 11 is 0. The van der Waals surface area contributed by atoms with E-state index in [1.54, 1.807) is 14.2 Å². The van der Waals surface area contributed by atoms with Gasteiger partial charge in [-0.15, -0.1) is 0 Å². The molecule has 0 heterocycles. The van der Waals surface area contributed by atoms with Crippen LogP contribution in [0.2, 0.25) is 0 Å². The molecule has 2 aliphatic rings. The van der Waals surface area contributed by atoms with Gasteiger partial charge in [-0.25, -0.2) is 0 Å². The summed E-state index contributed by atoms with van der Waals surface area (Å²) in [6.45, 7) is 0.560. The van der Waals surface area contributed by atoms with E-state index in [-0.39, 0.29) is 11.8 Å². The minimum absolute atomic E-state index is 0.118. The van der Waals surface area contributed by atoms with Crippen LogP contribution in [0.1, 0.15) is 37.7 Å². The number of carbonyl (C=O) groups excluding carboxylic acids is 1. The van der Waals surface area contributed by atoms with Crippen molar-refractivity contribution in [2.45, 2.75) is 44.7 Å². The molecule has 2 atom stereocenters. The quantitative estimate of drug-likeness (QED) is 0.890. The monoisotopic (exact) mass is 346 g/mol. The Morgan fingerprint density at radius 2 is 1.68 bits per heavy atom. The topological polar surface area (TPSA) is 64.8 Å². The van der Waals surface area contributed by atoms with E-state index in [1.807, 2.05) is 30.1 Å².